The molecule has 0 bridgehead atoms. The van der Waals surface area contributed by atoms with Gasteiger partial charge >= 0.3 is 0 Å². The van der Waals surface area contributed by atoms with E-state index in [1.54, 1.807) is 0 Å². The van der Waals surface area contributed by atoms with Gasteiger partial charge in [0.25, 0.3) is 5.91 Å². The number of nitrogens with one attached hydrogen (secondary N) is 1. The zero-order chi connectivity index (χ0) is 16.9. The molecular formula is C21H22N2O. The van der Waals surface area contributed by atoms with E-state index in [1.807, 2.05) is 50.2 Å². The smallest absolute Gasteiger partial charge is 0.253 e. The Hall–Kier alpha value is -2.68. The molecule has 1 heterocycles. The van der Waals surface area contributed by atoms with Crippen molar-refractivity contribution in [3.63, 3.8) is 0 Å². The van der Waals surface area contributed by atoms with Crippen molar-refractivity contribution in [2.75, 3.05) is 6.54 Å². The molecule has 1 N–H and O–H groups in total. The lowest BCUT2D eigenvalue weighted by atomic mass is 10.1. The maximum absolute atomic E-state index is 12.5. The molecule has 24 heavy (non-hydrogen) atoms. The van der Waals surface area contributed by atoms with E-state index in [1.165, 1.54) is 11.1 Å². The summed E-state index contributed by atoms with van der Waals surface area (Å²) in [6.07, 6.45) is 1.89. The van der Waals surface area contributed by atoms with Crippen molar-refractivity contribution in [2.45, 2.75) is 26.7 Å². The van der Waals surface area contributed by atoms with Gasteiger partial charge in [0.15, 0.2) is 0 Å². The van der Waals surface area contributed by atoms with Crippen molar-refractivity contribution in [3.8, 4) is 0 Å². The van der Waals surface area contributed by atoms with Gasteiger partial charge in [-0.1, -0.05) is 42.0 Å². The number of fused-ring (bicyclic) bond motifs is 1. The van der Waals surface area contributed by atoms with E-state index in [9.17, 15) is 4.79 Å². The SMILES string of the molecule is Cc1ccc2nc(C)c(C(=O)NCCCc3ccccc3)cc2c1. The Balaban J connectivity index is 1.64. The van der Waals surface area contributed by atoms with Crippen LogP contribution in [-0.4, -0.2) is 17.4 Å². The van der Waals surface area contributed by atoms with Gasteiger partial charge in [0.2, 0.25) is 0 Å². The highest BCUT2D eigenvalue weighted by molar-refractivity contribution is 5.98. The number of carbonyl (C=O) groups is 1. The molecule has 0 unspecified atom stereocenters. The molecule has 0 aliphatic heterocycles. The van der Waals surface area contributed by atoms with Crippen molar-refractivity contribution in [3.05, 3.63) is 77.0 Å². The Kier molecular flexibility index (Phi) is 4.90. The Morgan fingerprint density at radius 1 is 1.04 bits per heavy atom. The number of aromatic nitrogens is 1. The molecule has 3 heteroatoms. The summed E-state index contributed by atoms with van der Waals surface area (Å²) in [4.78, 5) is 17.0. The third-order valence-electron chi connectivity index (χ3n) is 4.18. The van der Waals surface area contributed by atoms with E-state index >= 15 is 0 Å². The number of hydrogen-bond donors (Lipinski definition) is 1. The van der Waals surface area contributed by atoms with Crippen molar-refractivity contribution in [2.24, 2.45) is 0 Å². The summed E-state index contributed by atoms with van der Waals surface area (Å²) >= 11 is 0. The predicted octanol–water partition coefficient (Wildman–Crippen LogP) is 4.21. The first-order valence-electron chi connectivity index (χ1n) is 8.33. The molecule has 3 aromatic rings. The second-order valence-corrected chi connectivity index (χ2v) is 6.16. The Morgan fingerprint density at radius 3 is 2.62 bits per heavy atom. The van der Waals surface area contributed by atoms with Crippen LogP contribution < -0.4 is 5.32 Å². The van der Waals surface area contributed by atoms with Crippen molar-refractivity contribution >= 4 is 16.8 Å². The summed E-state index contributed by atoms with van der Waals surface area (Å²) in [5.41, 5.74) is 4.83. The first-order chi connectivity index (χ1) is 11.6. The average Bonchev–Trinajstić information content (AvgIpc) is 2.59. The molecule has 0 atom stereocenters. The molecular weight excluding hydrogens is 296 g/mol. The van der Waals surface area contributed by atoms with Gasteiger partial charge in [-0.05, 0) is 50.5 Å². The zero-order valence-electron chi connectivity index (χ0n) is 14.2. The fraction of sp³-hybridized carbons (Fsp3) is 0.238. The second-order valence-electron chi connectivity index (χ2n) is 6.16. The summed E-state index contributed by atoms with van der Waals surface area (Å²) in [6, 6.07) is 18.4. The van der Waals surface area contributed by atoms with Gasteiger partial charge in [-0.25, -0.2) is 0 Å². The molecule has 0 spiro atoms. The maximum atomic E-state index is 12.5. The average molecular weight is 318 g/mol. The minimum Gasteiger partial charge on any atom is -0.352 e. The van der Waals surface area contributed by atoms with Gasteiger partial charge < -0.3 is 5.32 Å². The monoisotopic (exact) mass is 318 g/mol. The molecule has 1 amide bonds. The molecule has 2 aromatic carbocycles. The van der Waals surface area contributed by atoms with Crippen LogP contribution in [0.1, 0.15) is 33.6 Å². The predicted molar refractivity (Wildman–Crippen MR) is 98.3 cm³/mol. The molecule has 122 valence electrons. The van der Waals surface area contributed by atoms with E-state index in [-0.39, 0.29) is 5.91 Å². The number of hydrogen-bond acceptors (Lipinski definition) is 2. The van der Waals surface area contributed by atoms with E-state index in [2.05, 4.69) is 28.5 Å². The Bertz CT molecular complexity index is 856. The van der Waals surface area contributed by atoms with Crippen LogP contribution in [0, 0.1) is 13.8 Å². The quantitative estimate of drug-likeness (QED) is 0.716. The van der Waals surface area contributed by atoms with Crippen LogP contribution in [-0.2, 0) is 6.42 Å². The molecule has 3 rings (SSSR count). The third-order valence-corrected chi connectivity index (χ3v) is 4.18. The number of amides is 1. The number of rotatable bonds is 5. The van der Waals surface area contributed by atoms with Crippen molar-refractivity contribution < 1.29 is 4.79 Å². The number of pyridine rings is 1. The first-order valence-corrected chi connectivity index (χ1v) is 8.33. The molecule has 3 nitrogen and oxygen atoms in total. The lowest BCUT2D eigenvalue weighted by molar-refractivity contribution is 0.0952. The molecule has 1 aromatic heterocycles. The van der Waals surface area contributed by atoms with Crippen molar-refractivity contribution in [1.29, 1.82) is 0 Å². The normalized spacial score (nSPS) is 10.8. The summed E-state index contributed by atoms with van der Waals surface area (Å²) in [5.74, 6) is -0.0449. The van der Waals surface area contributed by atoms with Gasteiger partial charge in [0, 0.05) is 11.9 Å². The van der Waals surface area contributed by atoms with Crippen LogP contribution in [0.4, 0.5) is 0 Å². The molecule has 0 saturated carbocycles. The van der Waals surface area contributed by atoms with Crippen LogP contribution in [0.3, 0.4) is 0 Å². The number of carbonyl (C=O) groups excluding carboxylic acids is 1. The standard InChI is InChI=1S/C21H22N2O/c1-15-10-11-20-18(13-15)14-19(16(2)23-20)21(24)22-12-6-9-17-7-4-3-5-8-17/h3-5,7-8,10-11,13-14H,6,9,12H2,1-2H3,(H,22,24). The first kappa shape index (κ1) is 16.2. The molecule has 0 saturated heterocycles. The Morgan fingerprint density at radius 2 is 1.83 bits per heavy atom. The fourth-order valence-corrected chi connectivity index (χ4v) is 2.86. The molecule has 0 aliphatic rings. The van der Waals surface area contributed by atoms with Gasteiger partial charge in [-0.3, -0.25) is 9.78 Å². The van der Waals surface area contributed by atoms with Crippen LogP contribution in [0.2, 0.25) is 0 Å². The Labute approximate surface area is 142 Å². The minimum atomic E-state index is -0.0449. The highest BCUT2D eigenvalue weighted by atomic mass is 16.1. The largest absolute Gasteiger partial charge is 0.352 e. The van der Waals surface area contributed by atoms with E-state index in [0.29, 0.717) is 12.1 Å². The van der Waals surface area contributed by atoms with E-state index < -0.39 is 0 Å². The number of benzene rings is 2. The van der Waals surface area contributed by atoms with Gasteiger partial charge in [-0.2, -0.15) is 0 Å². The van der Waals surface area contributed by atoms with Crippen LogP contribution in [0.5, 0.6) is 0 Å². The van der Waals surface area contributed by atoms with Crippen LogP contribution in [0.25, 0.3) is 10.9 Å². The number of nitrogens with zero attached hydrogens (tertiary/aromatic N) is 1. The van der Waals surface area contributed by atoms with E-state index in [0.717, 1.165) is 29.4 Å². The zero-order valence-corrected chi connectivity index (χ0v) is 14.2. The molecule has 0 aliphatic carbocycles. The van der Waals surface area contributed by atoms with Crippen LogP contribution >= 0.6 is 0 Å². The van der Waals surface area contributed by atoms with Gasteiger partial charge in [-0.15, -0.1) is 0 Å². The topological polar surface area (TPSA) is 42.0 Å². The highest BCUT2D eigenvalue weighted by Crippen LogP contribution is 2.18. The highest BCUT2D eigenvalue weighted by Gasteiger charge is 2.11. The third kappa shape index (κ3) is 3.80. The van der Waals surface area contributed by atoms with Gasteiger partial charge in [0.1, 0.15) is 0 Å². The summed E-state index contributed by atoms with van der Waals surface area (Å²) in [6.45, 7) is 4.60. The lowest BCUT2D eigenvalue weighted by Crippen LogP contribution is -2.25. The summed E-state index contributed by atoms with van der Waals surface area (Å²) in [5, 5.41) is 4.02. The second kappa shape index (κ2) is 7.26. The molecule has 0 fully saturated rings. The summed E-state index contributed by atoms with van der Waals surface area (Å²) < 4.78 is 0. The summed E-state index contributed by atoms with van der Waals surface area (Å²) in [7, 11) is 0. The van der Waals surface area contributed by atoms with Gasteiger partial charge in [0.05, 0.1) is 16.8 Å². The lowest BCUT2D eigenvalue weighted by Gasteiger charge is -2.09. The molecule has 0 radical (unpaired) electrons. The fourth-order valence-electron chi connectivity index (χ4n) is 2.86. The van der Waals surface area contributed by atoms with Crippen LogP contribution in [0.15, 0.2) is 54.6 Å². The van der Waals surface area contributed by atoms with Crippen molar-refractivity contribution in [1.82, 2.24) is 10.3 Å². The number of aryl methyl sites for hydroxylation is 3. The van der Waals surface area contributed by atoms with E-state index in [4.69, 9.17) is 0 Å². The minimum absolute atomic E-state index is 0.0449. The maximum Gasteiger partial charge on any atom is 0.253 e.